The summed E-state index contributed by atoms with van der Waals surface area (Å²) in [5.41, 5.74) is 7.32. The van der Waals surface area contributed by atoms with Crippen molar-refractivity contribution in [3.05, 3.63) is 76.8 Å². The number of aliphatic imine (C=N–C) groups is 1. The maximum atomic E-state index is 12.9. The van der Waals surface area contributed by atoms with E-state index in [0.29, 0.717) is 11.4 Å². The highest BCUT2D eigenvalue weighted by molar-refractivity contribution is 5.93. The fraction of sp³-hybridized carbons (Fsp3) is 0. The number of nitrogens with zero attached hydrogens (tertiary/aromatic N) is 2. The van der Waals surface area contributed by atoms with Gasteiger partial charge in [0.05, 0.1) is 5.69 Å². The normalized spacial score (nSPS) is 11.3. The van der Waals surface area contributed by atoms with Gasteiger partial charge in [0.15, 0.2) is 0 Å². The zero-order chi connectivity index (χ0) is 16.9. The molecule has 0 atom stereocenters. The first-order chi connectivity index (χ1) is 11.6. The number of rotatable bonds is 3. The number of nitrogens with one attached hydrogen (secondary N) is 2. The minimum absolute atomic E-state index is 0.0231. The summed E-state index contributed by atoms with van der Waals surface area (Å²) in [6.45, 7) is 0. The van der Waals surface area contributed by atoms with Gasteiger partial charge in [-0.1, -0.05) is 30.3 Å². The van der Waals surface area contributed by atoms with Crippen LogP contribution in [0.15, 0.2) is 70.5 Å². The van der Waals surface area contributed by atoms with Crippen molar-refractivity contribution in [3.8, 4) is 11.3 Å². The Morgan fingerprint density at radius 2 is 1.83 bits per heavy atom. The summed E-state index contributed by atoms with van der Waals surface area (Å²) in [5, 5.41) is 2.80. The van der Waals surface area contributed by atoms with E-state index in [2.05, 4.69) is 20.3 Å². The van der Waals surface area contributed by atoms with Crippen LogP contribution in [0, 0.1) is 5.82 Å². The third-order valence-electron chi connectivity index (χ3n) is 3.14. The lowest BCUT2D eigenvalue weighted by Crippen LogP contribution is -2.22. The molecule has 3 aromatic rings. The minimum Gasteiger partial charge on any atom is -0.369 e. The Bertz CT molecular complexity index is 920. The second-order valence-corrected chi connectivity index (χ2v) is 4.95. The molecule has 0 radical (unpaired) electrons. The summed E-state index contributed by atoms with van der Waals surface area (Å²) in [6, 6.07) is 16.3. The molecule has 0 aliphatic rings. The predicted molar refractivity (Wildman–Crippen MR) is 91.6 cm³/mol. The topological polar surface area (TPSA) is 96.2 Å². The van der Waals surface area contributed by atoms with Crippen molar-refractivity contribution >= 4 is 17.6 Å². The second kappa shape index (κ2) is 6.74. The summed E-state index contributed by atoms with van der Waals surface area (Å²) in [4.78, 5) is 22.6. The summed E-state index contributed by atoms with van der Waals surface area (Å²) in [6.07, 6.45) is 0. The van der Waals surface area contributed by atoms with E-state index in [1.54, 1.807) is 0 Å². The monoisotopic (exact) mass is 323 g/mol. The SMILES string of the molecule is NC(=Nc1nc(-c2ccccc2)cc(=O)[nH]1)Nc1ccc(F)cc1. The molecule has 7 heteroatoms. The third kappa shape index (κ3) is 3.83. The van der Waals surface area contributed by atoms with Crippen LogP contribution in [0.4, 0.5) is 16.0 Å². The van der Waals surface area contributed by atoms with Crippen molar-refractivity contribution in [1.29, 1.82) is 0 Å². The average molecular weight is 323 g/mol. The summed E-state index contributed by atoms with van der Waals surface area (Å²) in [7, 11) is 0. The molecule has 0 saturated carbocycles. The van der Waals surface area contributed by atoms with E-state index in [4.69, 9.17) is 5.73 Å². The van der Waals surface area contributed by atoms with E-state index in [9.17, 15) is 9.18 Å². The van der Waals surface area contributed by atoms with Gasteiger partial charge in [-0.2, -0.15) is 4.99 Å². The standard InChI is InChI=1S/C17H14FN5O/c18-12-6-8-13(9-7-12)20-16(19)23-17-21-14(10-15(24)22-17)11-4-2-1-3-5-11/h1-10H,(H4,19,20,21,22,23,24). The van der Waals surface area contributed by atoms with Gasteiger partial charge in [-0.25, -0.2) is 9.37 Å². The van der Waals surface area contributed by atoms with E-state index in [1.165, 1.54) is 30.3 Å². The number of aromatic nitrogens is 2. The van der Waals surface area contributed by atoms with Crippen molar-refractivity contribution in [2.45, 2.75) is 0 Å². The minimum atomic E-state index is -0.349. The van der Waals surface area contributed by atoms with E-state index in [1.807, 2.05) is 30.3 Å². The van der Waals surface area contributed by atoms with Gasteiger partial charge in [-0.05, 0) is 24.3 Å². The Labute approximate surface area is 136 Å². The van der Waals surface area contributed by atoms with E-state index < -0.39 is 0 Å². The van der Waals surface area contributed by atoms with Gasteiger partial charge < -0.3 is 11.1 Å². The maximum absolute atomic E-state index is 12.9. The molecule has 0 aliphatic carbocycles. The lowest BCUT2D eigenvalue weighted by molar-refractivity contribution is 0.628. The lowest BCUT2D eigenvalue weighted by Gasteiger charge is -2.05. The van der Waals surface area contributed by atoms with Crippen molar-refractivity contribution in [3.63, 3.8) is 0 Å². The molecule has 0 bridgehead atoms. The van der Waals surface area contributed by atoms with E-state index in [0.717, 1.165) is 5.56 Å². The molecule has 120 valence electrons. The molecular weight excluding hydrogens is 309 g/mol. The Balaban J connectivity index is 1.87. The molecule has 6 nitrogen and oxygen atoms in total. The van der Waals surface area contributed by atoms with Gasteiger partial charge in [-0.15, -0.1) is 0 Å². The number of benzene rings is 2. The Morgan fingerprint density at radius 1 is 1.12 bits per heavy atom. The average Bonchev–Trinajstić information content (AvgIpc) is 2.57. The van der Waals surface area contributed by atoms with Gasteiger partial charge >= 0.3 is 0 Å². The van der Waals surface area contributed by atoms with Crippen molar-refractivity contribution in [1.82, 2.24) is 9.97 Å². The number of aromatic amines is 1. The molecule has 0 amide bonds. The van der Waals surface area contributed by atoms with Crippen LogP contribution in [-0.4, -0.2) is 15.9 Å². The van der Waals surface area contributed by atoms with Crippen LogP contribution in [0.25, 0.3) is 11.3 Å². The first-order valence-electron chi connectivity index (χ1n) is 7.14. The van der Waals surface area contributed by atoms with Crippen LogP contribution in [0.1, 0.15) is 0 Å². The Morgan fingerprint density at radius 3 is 2.54 bits per heavy atom. The molecule has 0 spiro atoms. The Hall–Kier alpha value is -3.48. The van der Waals surface area contributed by atoms with Crippen LogP contribution in [0.3, 0.4) is 0 Å². The van der Waals surface area contributed by atoms with Crippen molar-refractivity contribution in [2.75, 3.05) is 5.32 Å². The van der Waals surface area contributed by atoms with Crippen LogP contribution in [0.2, 0.25) is 0 Å². The first kappa shape index (κ1) is 15.4. The molecule has 1 aromatic heterocycles. The number of nitrogens with two attached hydrogens (primary N) is 1. The molecule has 4 N–H and O–H groups in total. The van der Waals surface area contributed by atoms with Gasteiger partial charge in [-0.3, -0.25) is 9.78 Å². The number of hydrogen-bond acceptors (Lipinski definition) is 3. The molecule has 0 saturated heterocycles. The van der Waals surface area contributed by atoms with Gasteiger partial charge in [0.2, 0.25) is 11.9 Å². The molecule has 3 rings (SSSR count). The number of H-pyrrole nitrogens is 1. The van der Waals surface area contributed by atoms with Gasteiger partial charge in [0.25, 0.3) is 5.56 Å². The highest BCUT2D eigenvalue weighted by atomic mass is 19.1. The van der Waals surface area contributed by atoms with Gasteiger partial charge in [0.1, 0.15) is 5.82 Å². The first-order valence-corrected chi connectivity index (χ1v) is 7.14. The molecule has 1 heterocycles. The smallest absolute Gasteiger partial charge is 0.252 e. The van der Waals surface area contributed by atoms with Crippen molar-refractivity contribution < 1.29 is 4.39 Å². The van der Waals surface area contributed by atoms with E-state index >= 15 is 0 Å². The zero-order valence-electron chi connectivity index (χ0n) is 12.5. The van der Waals surface area contributed by atoms with E-state index in [-0.39, 0.29) is 23.3 Å². The Kier molecular flexibility index (Phi) is 4.33. The summed E-state index contributed by atoms with van der Waals surface area (Å²) >= 11 is 0. The highest BCUT2D eigenvalue weighted by Gasteiger charge is 2.04. The predicted octanol–water partition coefficient (Wildman–Crippen LogP) is 2.63. The quantitative estimate of drug-likeness (QED) is 0.510. The molecule has 0 fully saturated rings. The van der Waals surface area contributed by atoms with Crippen LogP contribution in [-0.2, 0) is 0 Å². The molecule has 0 unspecified atom stereocenters. The van der Waals surface area contributed by atoms with Crippen molar-refractivity contribution in [2.24, 2.45) is 10.7 Å². The fourth-order valence-electron chi connectivity index (χ4n) is 2.08. The number of guanidine groups is 1. The molecule has 2 aromatic carbocycles. The lowest BCUT2D eigenvalue weighted by atomic mass is 10.1. The maximum Gasteiger partial charge on any atom is 0.252 e. The molecule has 0 aliphatic heterocycles. The number of hydrogen-bond donors (Lipinski definition) is 3. The van der Waals surface area contributed by atoms with Crippen LogP contribution >= 0.6 is 0 Å². The third-order valence-corrected chi connectivity index (χ3v) is 3.14. The summed E-state index contributed by atoms with van der Waals surface area (Å²) in [5.74, 6) is -0.249. The van der Waals surface area contributed by atoms with Crippen LogP contribution in [0.5, 0.6) is 0 Å². The molecule has 24 heavy (non-hydrogen) atoms. The highest BCUT2D eigenvalue weighted by Crippen LogP contribution is 2.16. The van der Waals surface area contributed by atoms with Gasteiger partial charge in [0, 0.05) is 17.3 Å². The van der Waals surface area contributed by atoms with Crippen LogP contribution < -0.4 is 16.6 Å². The summed E-state index contributed by atoms with van der Waals surface area (Å²) < 4.78 is 12.9. The largest absolute Gasteiger partial charge is 0.369 e. The zero-order valence-corrected chi connectivity index (χ0v) is 12.5. The number of anilines is 1. The second-order valence-electron chi connectivity index (χ2n) is 4.95. The number of halogens is 1. The fourth-order valence-corrected chi connectivity index (χ4v) is 2.08. The molecular formula is C17H14FN5O.